The Morgan fingerprint density at radius 2 is 0.931 bits per heavy atom. The summed E-state index contributed by atoms with van der Waals surface area (Å²) in [5.41, 5.74) is 14.5. The van der Waals surface area contributed by atoms with E-state index in [-0.39, 0.29) is 0 Å². The van der Waals surface area contributed by atoms with Crippen LogP contribution in [0.15, 0.2) is 186 Å². The minimum absolute atomic E-state index is 0.423. The molecule has 0 unspecified atom stereocenters. The van der Waals surface area contributed by atoms with E-state index in [1.807, 2.05) is 6.07 Å². The molecule has 0 saturated heterocycles. The maximum absolute atomic E-state index is 6.42. The van der Waals surface area contributed by atoms with E-state index in [2.05, 4.69) is 181 Å². The predicted octanol–water partition coefficient (Wildman–Crippen LogP) is 15.7. The molecule has 1 aromatic heterocycles. The van der Waals surface area contributed by atoms with Gasteiger partial charge in [-0.05, 0) is 154 Å². The molecule has 4 aliphatic rings. The molecule has 13 rings (SSSR count). The van der Waals surface area contributed by atoms with Gasteiger partial charge >= 0.3 is 0 Å². The van der Waals surface area contributed by atoms with Gasteiger partial charge in [0.25, 0.3) is 0 Å². The van der Waals surface area contributed by atoms with Crippen molar-refractivity contribution in [2.45, 2.75) is 43.9 Å². The van der Waals surface area contributed by atoms with Gasteiger partial charge < -0.3 is 9.32 Å². The summed E-state index contributed by atoms with van der Waals surface area (Å²) in [7, 11) is 0. The second kappa shape index (κ2) is 13.4. The monoisotopic (exact) mass is 747 g/mol. The smallest absolute Gasteiger partial charge is 0.137 e. The Bertz CT molecular complexity index is 2920. The number of furan rings is 1. The summed E-state index contributed by atoms with van der Waals surface area (Å²) in [6, 6.07) is 66.8. The predicted molar refractivity (Wildman–Crippen MR) is 242 cm³/mol. The van der Waals surface area contributed by atoms with E-state index in [0.29, 0.717) is 5.41 Å². The third kappa shape index (κ3) is 5.61. The van der Waals surface area contributed by atoms with Crippen molar-refractivity contribution in [3.05, 3.63) is 188 Å². The van der Waals surface area contributed by atoms with Gasteiger partial charge in [0.15, 0.2) is 0 Å². The average Bonchev–Trinajstić information content (AvgIpc) is 3.65. The molecular formula is C56H45NO. The molecule has 4 saturated carbocycles. The third-order valence-electron chi connectivity index (χ3n) is 14.0. The van der Waals surface area contributed by atoms with Gasteiger partial charge in [-0.1, -0.05) is 133 Å². The van der Waals surface area contributed by atoms with Crippen molar-refractivity contribution in [2.75, 3.05) is 4.90 Å². The van der Waals surface area contributed by atoms with Gasteiger partial charge in [0.05, 0.1) is 0 Å². The molecule has 4 fully saturated rings. The molecule has 2 heteroatoms. The molecule has 0 amide bonds. The number of fused-ring (bicyclic) bond motifs is 4. The first-order valence-corrected chi connectivity index (χ1v) is 21.2. The Morgan fingerprint density at radius 3 is 1.57 bits per heavy atom. The number of nitrogens with zero attached hydrogens (tertiary/aromatic N) is 1. The number of para-hydroxylation sites is 1. The van der Waals surface area contributed by atoms with Crippen LogP contribution in [0, 0.1) is 17.8 Å². The summed E-state index contributed by atoms with van der Waals surface area (Å²) in [5.74, 6) is 2.86. The van der Waals surface area contributed by atoms with Gasteiger partial charge in [0.1, 0.15) is 11.2 Å². The molecule has 0 radical (unpaired) electrons. The molecule has 9 aromatic rings. The van der Waals surface area contributed by atoms with Crippen LogP contribution in [-0.2, 0) is 5.41 Å². The van der Waals surface area contributed by atoms with Crippen LogP contribution in [0.2, 0.25) is 0 Å². The zero-order chi connectivity index (χ0) is 38.2. The van der Waals surface area contributed by atoms with E-state index < -0.39 is 0 Å². The van der Waals surface area contributed by atoms with Gasteiger partial charge in [-0.25, -0.2) is 0 Å². The maximum atomic E-state index is 6.42. The van der Waals surface area contributed by atoms with Crippen LogP contribution in [0.3, 0.4) is 0 Å². The van der Waals surface area contributed by atoms with Gasteiger partial charge in [-0.2, -0.15) is 0 Å². The Balaban J connectivity index is 0.914. The SMILES string of the molecule is c1ccc(-c2cccc3cccc(-c4ccc(N(c5ccc(-c6ccc(C78CC9CC(CC(C9)C7)C8)cc6)cc5)c5ccc6c(c5)oc5ccccc56)cc4)c23)cc1. The van der Waals surface area contributed by atoms with Crippen molar-refractivity contribution in [1.82, 2.24) is 0 Å². The fourth-order valence-electron chi connectivity index (χ4n) is 11.8. The molecule has 0 N–H and O–H groups in total. The third-order valence-corrected chi connectivity index (χ3v) is 14.0. The van der Waals surface area contributed by atoms with Crippen LogP contribution in [0.1, 0.15) is 44.1 Å². The van der Waals surface area contributed by atoms with E-state index in [9.17, 15) is 0 Å². The van der Waals surface area contributed by atoms with Crippen molar-refractivity contribution in [1.29, 1.82) is 0 Å². The van der Waals surface area contributed by atoms with Crippen LogP contribution in [-0.4, -0.2) is 0 Å². The largest absolute Gasteiger partial charge is 0.456 e. The zero-order valence-corrected chi connectivity index (χ0v) is 32.7. The van der Waals surface area contributed by atoms with Crippen LogP contribution in [0.5, 0.6) is 0 Å². The Hall–Kier alpha value is -6.38. The first-order chi connectivity index (χ1) is 28.6. The van der Waals surface area contributed by atoms with Crippen LogP contribution < -0.4 is 4.90 Å². The van der Waals surface area contributed by atoms with Gasteiger partial charge in [0, 0.05) is 33.9 Å². The van der Waals surface area contributed by atoms with Gasteiger partial charge in [-0.15, -0.1) is 0 Å². The summed E-state index contributed by atoms with van der Waals surface area (Å²) in [5, 5.41) is 4.79. The molecule has 8 aromatic carbocycles. The summed E-state index contributed by atoms with van der Waals surface area (Å²) >= 11 is 0. The summed E-state index contributed by atoms with van der Waals surface area (Å²) in [6.07, 6.45) is 8.66. The fraction of sp³-hybridized carbons (Fsp3) is 0.179. The second-order valence-corrected chi connectivity index (χ2v) is 17.6. The lowest BCUT2D eigenvalue weighted by molar-refractivity contribution is -0.00518. The van der Waals surface area contributed by atoms with E-state index in [4.69, 9.17) is 4.42 Å². The molecule has 4 bridgehead atoms. The topological polar surface area (TPSA) is 16.4 Å². The van der Waals surface area contributed by atoms with E-state index in [0.717, 1.165) is 56.8 Å². The highest BCUT2D eigenvalue weighted by Crippen LogP contribution is 2.60. The lowest BCUT2D eigenvalue weighted by Crippen LogP contribution is -2.48. The highest BCUT2D eigenvalue weighted by atomic mass is 16.3. The normalized spacial score (nSPS) is 20.9. The first-order valence-electron chi connectivity index (χ1n) is 21.2. The maximum Gasteiger partial charge on any atom is 0.137 e. The number of rotatable bonds is 7. The lowest BCUT2D eigenvalue weighted by atomic mass is 9.48. The Kier molecular flexibility index (Phi) is 7.76. The molecule has 280 valence electrons. The highest BCUT2D eigenvalue weighted by molar-refractivity contribution is 6.07. The first kappa shape index (κ1) is 33.7. The Morgan fingerprint density at radius 1 is 0.414 bits per heavy atom. The fourth-order valence-corrected chi connectivity index (χ4v) is 11.8. The second-order valence-electron chi connectivity index (χ2n) is 17.6. The molecule has 0 atom stereocenters. The van der Waals surface area contributed by atoms with E-state index in [1.54, 1.807) is 5.56 Å². The van der Waals surface area contributed by atoms with Crippen LogP contribution in [0.4, 0.5) is 17.1 Å². The number of benzene rings is 8. The zero-order valence-electron chi connectivity index (χ0n) is 32.7. The van der Waals surface area contributed by atoms with Crippen molar-refractivity contribution in [2.24, 2.45) is 17.8 Å². The van der Waals surface area contributed by atoms with Gasteiger partial charge in [-0.3, -0.25) is 0 Å². The minimum atomic E-state index is 0.423. The molecule has 0 spiro atoms. The van der Waals surface area contributed by atoms with Crippen molar-refractivity contribution >= 4 is 49.8 Å². The molecule has 2 nitrogen and oxygen atoms in total. The molecule has 58 heavy (non-hydrogen) atoms. The van der Waals surface area contributed by atoms with E-state index in [1.165, 1.54) is 82.7 Å². The van der Waals surface area contributed by atoms with Gasteiger partial charge in [0.2, 0.25) is 0 Å². The Labute approximate surface area is 340 Å². The highest BCUT2D eigenvalue weighted by Gasteiger charge is 2.51. The summed E-state index contributed by atoms with van der Waals surface area (Å²) < 4.78 is 6.42. The van der Waals surface area contributed by atoms with E-state index >= 15 is 0 Å². The standard InChI is InChI=1S/C56H45NO/c1-2-8-42(9-3-1)49-13-6-10-44-11-7-14-50(55(44)49)43-20-26-47(27-21-43)57(48-28-29-52-51-12-4-5-15-53(51)58-54(52)33-48)46-24-18-41(19-25-46)40-16-22-45(23-17-40)56-34-37-30-38(35-56)32-39(31-37)36-56/h1-29,33,37-39H,30-32,34-36H2. The van der Waals surface area contributed by atoms with Crippen molar-refractivity contribution in [3.8, 4) is 33.4 Å². The quantitative estimate of drug-likeness (QED) is 0.161. The summed E-state index contributed by atoms with van der Waals surface area (Å²) in [4.78, 5) is 2.36. The minimum Gasteiger partial charge on any atom is -0.456 e. The van der Waals surface area contributed by atoms with Crippen molar-refractivity contribution in [3.63, 3.8) is 0 Å². The van der Waals surface area contributed by atoms with Crippen LogP contribution >= 0.6 is 0 Å². The summed E-state index contributed by atoms with van der Waals surface area (Å²) in [6.45, 7) is 0. The number of anilines is 3. The molecule has 1 heterocycles. The van der Waals surface area contributed by atoms with Crippen molar-refractivity contribution < 1.29 is 4.42 Å². The molecular weight excluding hydrogens is 703 g/mol. The number of hydrogen-bond donors (Lipinski definition) is 0. The number of hydrogen-bond acceptors (Lipinski definition) is 2. The molecule has 4 aliphatic carbocycles. The lowest BCUT2D eigenvalue weighted by Gasteiger charge is -2.57. The average molecular weight is 748 g/mol. The van der Waals surface area contributed by atoms with Crippen LogP contribution in [0.25, 0.3) is 66.1 Å². The molecule has 0 aliphatic heterocycles.